The summed E-state index contributed by atoms with van der Waals surface area (Å²) in [5.74, 6) is -0.875. The van der Waals surface area contributed by atoms with E-state index < -0.39 is 6.10 Å². The molecular formula is C67H122O6. The van der Waals surface area contributed by atoms with Gasteiger partial charge in [-0.1, -0.05) is 294 Å². The Bertz CT molecular complexity index is 1270. The summed E-state index contributed by atoms with van der Waals surface area (Å²) in [6.07, 6.45) is 76.9. The molecule has 0 aromatic rings. The molecule has 0 heterocycles. The molecule has 0 rings (SSSR count). The SMILES string of the molecule is CC/C=C\C/C=C\C/C=C\CCCCCCCC(=O)O[C@H](COC(=O)CCCCCCCCCCC/C=C\CCCCCCCC)COC(=O)CCCCCCCCCCCCCCCCCCCCCCC. The first-order valence-corrected chi connectivity index (χ1v) is 32.1. The molecule has 0 saturated heterocycles. The van der Waals surface area contributed by atoms with Crippen LogP contribution < -0.4 is 0 Å². The summed E-state index contributed by atoms with van der Waals surface area (Å²) in [4.78, 5) is 38.3. The lowest BCUT2D eigenvalue weighted by Crippen LogP contribution is -2.30. The smallest absolute Gasteiger partial charge is 0.306 e. The van der Waals surface area contributed by atoms with Crippen LogP contribution in [0.2, 0.25) is 0 Å². The van der Waals surface area contributed by atoms with Crippen LogP contribution in [0.5, 0.6) is 0 Å². The number of rotatable bonds is 59. The zero-order chi connectivity index (χ0) is 52.9. The summed E-state index contributed by atoms with van der Waals surface area (Å²) in [7, 11) is 0. The van der Waals surface area contributed by atoms with Crippen LogP contribution >= 0.6 is 0 Å². The van der Waals surface area contributed by atoms with Gasteiger partial charge in [-0.2, -0.15) is 0 Å². The predicted octanol–water partition coefficient (Wildman–Crippen LogP) is 21.8. The highest BCUT2D eigenvalue weighted by Gasteiger charge is 2.19. The Balaban J connectivity index is 4.31. The second-order valence-corrected chi connectivity index (χ2v) is 21.6. The number of ether oxygens (including phenoxy) is 3. The van der Waals surface area contributed by atoms with Gasteiger partial charge in [-0.05, 0) is 77.0 Å². The molecule has 0 aliphatic carbocycles. The van der Waals surface area contributed by atoms with Crippen LogP contribution in [0.25, 0.3) is 0 Å². The normalized spacial score (nSPS) is 12.3. The molecule has 0 aromatic heterocycles. The fraction of sp³-hybridized carbons (Fsp3) is 0.836. The van der Waals surface area contributed by atoms with Crippen molar-refractivity contribution in [2.45, 2.75) is 348 Å². The van der Waals surface area contributed by atoms with E-state index >= 15 is 0 Å². The Labute approximate surface area is 454 Å². The molecule has 0 saturated carbocycles. The van der Waals surface area contributed by atoms with E-state index in [-0.39, 0.29) is 31.1 Å². The number of carbonyl (C=O) groups excluding carboxylic acids is 3. The lowest BCUT2D eigenvalue weighted by molar-refractivity contribution is -0.167. The van der Waals surface area contributed by atoms with Crippen molar-refractivity contribution in [1.82, 2.24) is 0 Å². The molecule has 0 amide bonds. The molecule has 1 atom stereocenters. The van der Waals surface area contributed by atoms with Gasteiger partial charge in [-0.3, -0.25) is 14.4 Å². The zero-order valence-corrected chi connectivity index (χ0v) is 48.9. The largest absolute Gasteiger partial charge is 0.462 e. The van der Waals surface area contributed by atoms with Gasteiger partial charge in [0.1, 0.15) is 13.2 Å². The Morgan fingerprint density at radius 3 is 0.849 bits per heavy atom. The quantitative estimate of drug-likeness (QED) is 0.0261. The molecule has 0 aliphatic heterocycles. The number of hydrogen-bond acceptors (Lipinski definition) is 6. The average Bonchev–Trinajstić information content (AvgIpc) is 3.39. The Kier molecular flexibility index (Phi) is 59.7. The van der Waals surface area contributed by atoms with E-state index in [1.54, 1.807) is 0 Å². The van der Waals surface area contributed by atoms with Crippen molar-refractivity contribution in [3.05, 3.63) is 48.6 Å². The number of esters is 3. The lowest BCUT2D eigenvalue weighted by Gasteiger charge is -2.18. The molecule has 0 radical (unpaired) electrons. The van der Waals surface area contributed by atoms with Crippen molar-refractivity contribution in [2.24, 2.45) is 0 Å². The van der Waals surface area contributed by atoms with Gasteiger partial charge in [0.15, 0.2) is 6.10 Å². The molecule has 0 unspecified atom stereocenters. The van der Waals surface area contributed by atoms with Gasteiger partial charge in [-0.25, -0.2) is 0 Å². The standard InChI is InChI=1S/C67H122O6/c1-4-7-10-13-16-19-22-25-28-30-32-33-35-37-40-42-45-48-51-54-57-60-66(69)72-63-64(73-67(70)61-58-55-52-49-46-43-38-27-24-21-18-15-12-9-6-3)62-71-65(68)59-56-53-50-47-44-41-39-36-34-31-29-26-23-20-17-14-11-8-5-2/h9,12,18,21,26-27,29,38,64H,4-8,10-11,13-17,19-20,22-25,28,30-37,39-63H2,1-3H3/b12-9-,21-18-,29-26-,38-27-/t64-/m1/s1. The monoisotopic (exact) mass is 1020 g/mol. The van der Waals surface area contributed by atoms with Crippen LogP contribution in [-0.4, -0.2) is 37.2 Å². The molecule has 6 heteroatoms. The van der Waals surface area contributed by atoms with Crippen LogP contribution in [0, 0.1) is 0 Å². The van der Waals surface area contributed by atoms with Gasteiger partial charge in [0.2, 0.25) is 0 Å². The van der Waals surface area contributed by atoms with E-state index in [0.29, 0.717) is 19.3 Å². The number of hydrogen-bond donors (Lipinski definition) is 0. The summed E-state index contributed by atoms with van der Waals surface area (Å²) >= 11 is 0. The van der Waals surface area contributed by atoms with E-state index in [4.69, 9.17) is 14.2 Å². The first-order valence-electron chi connectivity index (χ1n) is 32.1. The Hall–Kier alpha value is -2.63. The lowest BCUT2D eigenvalue weighted by atomic mass is 10.0. The first kappa shape index (κ1) is 70.4. The molecule has 0 fully saturated rings. The van der Waals surface area contributed by atoms with Gasteiger partial charge in [-0.15, -0.1) is 0 Å². The van der Waals surface area contributed by atoms with Crippen LogP contribution in [0.3, 0.4) is 0 Å². The molecular weight excluding hydrogens is 901 g/mol. The summed E-state index contributed by atoms with van der Waals surface area (Å²) in [6.45, 7) is 6.57. The fourth-order valence-electron chi connectivity index (χ4n) is 9.51. The second-order valence-electron chi connectivity index (χ2n) is 21.6. The third kappa shape index (κ3) is 60.1. The number of carbonyl (C=O) groups is 3. The van der Waals surface area contributed by atoms with Gasteiger partial charge >= 0.3 is 17.9 Å². The highest BCUT2D eigenvalue weighted by molar-refractivity contribution is 5.71. The first-order chi connectivity index (χ1) is 36.0. The van der Waals surface area contributed by atoms with E-state index in [1.807, 2.05) is 0 Å². The molecule has 0 spiro atoms. The van der Waals surface area contributed by atoms with Crippen LogP contribution in [0.15, 0.2) is 48.6 Å². The maximum absolute atomic E-state index is 12.9. The number of unbranched alkanes of at least 4 members (excludes halogenated alkanes) is 40. The third-order valence-electron chi connectivity index (χ3n) is 14.3. The number of allylic oxidation sites excluding steroid dienone is 8. The maximum atomic E-state index is 12.9. The van der Waals surface area contributed by atoms with Crippen molar-refractivity contribution in [3.8, 4) is 0 Å². The van der Waals surface area contributed by atoms with Crippen LogP contribution in [0.4, 0.5) is 0 Å². The Morgan fingerprint density at radius 2 is 0.534 bits per heavy atom. The third-order valence-corrected chi connectivity index (χ3v) is 14.3. The van der Waals surface area contributed by atoms with Crippen LogP contribution in [-0.2, 0) is 28.6 Å². The molecule has 73 heavy (non-hydrogen) atoms. The van der Waals surface area contributed by atoms with Gasteiger partial charge in [0.05, 0.1) is 0 Å². The maximum Gasteiger partial charge on any atom is 0.306 e. The summed E-state index contributed by atoms with van der Waals surface area (Å²) in [5, 5.41) is 0. The molecule has 0 N–H and O–H groups in total. The molecule has 0 aliphatic rings. The molecule has 6 nitrogen and oxygen atoms in total. The topological polar surface area (TPSA) is 78.9 Å². The minimum absolute atomic E-state index is 0.0771. The average molecular weight is 1020 g/mol. The summed E-state index contributed by atoms with van der Waals surface area (Å²) in [5.41, 5.74) is 0. The molecule has 0 aromatic carbocycles. The van der Waals surface area contributed by atoms with Crippen molar-refractivity contribution in [3.63, 3.8) is 0 Å². The van der Waals surface area contributed by atoms with Crippen molar-refractivity contribution in [2.75, 3.05) is 13.2 Å². The highest BCUT2D eigenvalue weighted by Crippen LogP contribution is 2.17. The summed E-state index contributed by atoms with van der Waals surface area (Å²) < 4.78 is 16.9. The minimum atomic E-state index is -0.782. The van der Waals surface area contributed by atoms with Gasteiger partial charge in [0.25, 0.3) is 0 Å². The van der Waals surface area contributed by atoms with Gasteiger partial charge < -0.3 is 14.2 Å². The molecule has 0 bridgehead atoms. The van der Waals surface area contributed by atoms with Gasteiger partial charge in [0, 0.05) is 19.3 Å². The van der Waals surface area contributed by atoms with Crippen molar-refractivity contribution >= 4 is 17.9 Å². The van der Waals surface area contributed by atoms with Crippen LogP contribution in [0.1, 0.15) is 342 Å². The second kappa shape index (κ2) is 61.9. The van der Waals surface area contributed by atoms with Crippen molar-refractivity contribution < 1.29 is 28.6 Å². The van der Waals surface area contributed by atoms with E-state index in [0.717, 1.165) is 96.3 Å². The van der Waals surface area contributed by atoms with E-state index in [2.05, 4.69) is 69.4 Å². The fourth-order valence-corrected chi connectivity index (χ4v) is 9.51. The van der Waals surface area contributed by atoms with E-state index in [1.165, 1.54) is 205 Å². The minimum Gasteiger partial charge on any atom is -0.462 e. The molecule has 426 valence electrons. The highest BCUT2D eigenvalue weighted by atomic mass is 16.6. The van der Waals surface area contributed by atoms with E-state index in [9.17, 15) is 14.4 Å². The summed E-state index contributed by atoms with van der Waals surface area (Å²) in [6, 6.07) is 0. The predicted molar refractivity (Wildman–Crippen MR) is 316 cm³/mol. The Morgan fingerprint density at radius 1 is 0.288 bits per heavy atom. The van der Waals surface area contributed by atoms with Crippen molar-refractivity contribution in [1.29, 1.82) is 0 Å². The zero-order valence-electron chi connectivity index (χ0n) is 48.9.